The van der Waals surface area contributed by atoms with Crippen LogP contribution in [0.2, 0.25) is 5.02 Å². The third kappa shape index (κ3) is 4.45. The van der Waals surface area contributed by atoms with E-state index in [1.165, 1.54) is 17.7 Å². The summed E-state index contributed by atoms with van der Waals surface area (Å²) in [5.41, 5.74) is 1.88. The molecule has 0 spiro atoms. The van der Waals surface area contributed by atoms with Crippen molar-refractivity contribution in [2.75, 3.05) is 13.1 Å². The molecule has 24 heavy (non-hydrogen) atoms. The van der Waals surface area contributed by atoms with Crippen molar-refractivity contribution in [2.45, 2.75) is 17.3 Å². The zero-order valence-corrected chi connectivity index (χ0v) is 16.8. The quantitative estimate of drug-likeness (QED) is 0.581. The molecule has 1 aliphatic rings. The van der Waals surface area contributed by atoms with Crippen molar-refractivity contribution >= 4 is 50.3 Å². The summed E-state index contributed by atoms with van der Waals surface area (Å²) in [6.07, 6.45) is 0. The molecule has 3 rings (SSSR count). The van der Waals surface area contributed by atoms with E-state index in [1.54, 1.807) is 6.07 Å². The van der Waals surface area contributed by atoms with Gasteiger partial charge in [0.1, 0.15) is 5.82 Å². The number of hydrogen-bond acceptors (Lipinski definition) is 2. The van der Waals surface area contributed by atoms with Crippen LogP contribution in [-0.2, 0) is 11.3 Å². The summed E-state index contributed by atoms with van der Waals surface area (Å²) in [6.45, 7) is 2.00. The third-order valence-electron chi connectivity index (χ3n) is 4.11. The normalized spacial score (nSPS) is 21.4. The number of hydrogen-bond donors (Lipinski definition) is 0. The minimum Gasteiger partial charge on any atom is -0.298 e. The van der Waals surface area contributed by atoms with E-state index in [4.69, 9.17) is 11.6 Å². The fraction of sp³-hybridized carbons (Fsp3) is 0.278. The van der Waals surface area contributed by atoms with Crippen LogP contribution < -0.4 is 0 Å². The molecule has 1 fully saturated rings. The Balaban J connectivity index is 0.00000208. The number of Topliss-reactive ketones (excluding diaryl/α,β-unsaturated/α-hetero) is 1. The summed E-state index contributed by atoms with van der Waals surface area (Å²) in [6, 6.07) is 14.7. The molecule has 1 saturated heterocycles. The smallest absolute Gasteiger partial charge is 0.156 e. The maximum atomic E-state index is 13.7. The van der Waals surface area contributed by atoms with Gasteiger partial charge in [-0.1, -0.05) is 63.9 Å². The van der Waals surface area contributed by atoms with Crippen LogP contribution in [-0.4, -0.2) is 28.6 Å². The molecule has 0 N–H and O–H groups in total. The zero-order valence-electron chi connectivity index (χ0n) is 12.8. The highest BCUT2D eigenvalue weighted by Crippen LogP contribution is 2.30. The van der Waals surface area contributed by atoms with Crippen molar-refractivity contribution < 1.29 is 9.18 Å². The van der Waals surface area contributed by atoms with Gasteiger partial charge in [0.2, 0.25) is 0 Å². The third-order valence-corrected chi connectivity index (χ3v) is 5.15. The Morgan fingerprint density at radius 2 is 1.88 bits per heavy atom. The lowest BCUT2D eigenvalue weighted by Crippen LogP contribution is -2.45. The molecule has 2 nitrogen and oxygen atoms in total. The Hall–Kier alpha value is -0.750. The number of ketones is 1. The van der Waals surface area contributed by atoms with Crippen LogP contribution in [0.3, 0.4) is 0 Å². The van der Waals surface area contributed by atoms with Gasteiger partial charge in [-0.3, -0.25) is 9.69 Å². The second-order valence-electron chi connectivity index (χ2n) is 5.78. The zero-order chi connectivity index (χ0) is 16.4. The fourth-order valence-electron chi connectivity index (χ4n) is 2.93. The van der Waals surface area contributed by atoms with E-state index in [0.717, 1.165) is 6.54 Å². The molecular formula is C18H17Br2ClFNO. The molecule has 0 radical (unpaired) electrons. The monoisotopic (exact) mass is 475 g/mol. The van der Waals surface area contributed by atoms with Crippen molar-refractivity contribution in [3.8, 4) is 0 Å². The standard InChI is InChI=1S/C18H16BrClFNO.BrH/c19-15-11-22(9-12-4-2-1-3-5-12)10-14(18(15)23)13-6-7-16(20)17(21)8-13;/h1-8,14-15H,9-11H2;1H. The SMILES string of the molecule is Br.O=C1C(Br)CN(Cc2ccccc2)CC1c1ccc(Cl)c(F)c1. The molecule has 1 heterocycles. The lowest BCUT2D eigenvalue weighted by atomic mass is 9.89. The first-order valence-electron chi connectivity index (χ1n) is 7.43. The highest BCUT2D eigenvalue weighted by atomic mass is 79.9. The fourth-order valence-corrected chi connectivity index (χ4v) is 3.77. The Morgan fingerprint density at radius 3 is 2.54 bits per heavy atom. The van der Waals surface area contributed by atoms with Crippen molar-refractivity contribution in [3.05, 3.63) is 70.5 Å². The van der Waals surface area contributed by atoms with E-state index in [1.807, 2.05) is 18.2 Å². The van der Waals surface area contributed by atoms with E-state index in [2.05, 4.69) is 33.0 Å². The number of halogens is 4. The van der Waals surface area contributed by atoms with Gasteiger partial charge in [-0.15, -0.1) is 17.0 Å². The number of carbonyl (C=O) groups is 1. The number of rotatable bonds is 3. The number of benzene rings is 2. The topological polar surface area (TPSA) is 20.3 Å². The summed E-state index contributed by atoms with van der Waals surface area (Å²) < 4.78 is 13.7. The number of likely N-dealkylation sites (tertiary alicyclic amines) is 1. The molecule has 0 aromatic heterocycles. The van der Waals surface area contributed by atoms with Gasteiger partial charge in [-0.25, -0.2) is 4.39 Å². The predicted molar refractivity (Wildman–Crippen MR) is 104 cm³/mol. The molecular weight excluding hydrogens is 460 g/mol. The van der Waals surface area contributed by atoms with Gasteiger partial charge in [0.05, 0.1) is 15.8 Å². The van der Waals surface area contributed by atoms with Crippen molar-refractivity contribution in [1.29, 1.82) is 0 Å². The summed E-state index contributed by atoms with van der Waals surface area (Å²) in [7, 11) is 0. The number of alkyl halides is 1. The van der Waals surface area contributed by atoms with E-state index < -0.39 is 5.82 Å². The van der Waals surface area contributed by atoms with E-state index >= 15 is 0 Å². The van der Waals surface area contributed by atoms with Crippen LogP contribution in [0.15, 0.2) is 48.5 Å². The molecule has 128 valence electrons. The van der Waals surface area contributed by atoms with Crippen LogP contribution in [0.1, 0.15) is 17.0 Å². The van der Waals surface area contributed by atoms with Crippen LogP contribution in [0.25, 0.3) is 0 Å². The molecule has 2 unspecified atom stereocenters. The lowest BCUT2D eigenvalue weighted by Gasteiger charge is -2.35. The van der Waals surface area contributed by atoms with Gasteiger partial charge in [-0.05, 0) is 23.3 Å². The molecule has 0 saturated carbocycles. The summed E-state index contributed by atoms with van der Waals surface area (Å²) in [5.74, 6) is -0.733. The largest absolute Gasteiger partial charge is 0.298 e. The van der Waals surface area contributed by atoms with E-state index in [0.29, 0.717) is 18.7 Å². The minimum atomic E-state index is -0.483. The number of carbonyl (C=O) groups excluding carboxylic acids is 1. The maximum Gasteiger partial charge on any atom is 0.156 e. The summed E-state index contributed by atoms with van der Waals surface area (Å²) in [5, 5.41) is 0.0774. The highest BCUT2D eigenvalue weighted by molar-refractivity contribution is 9.10. The highest BCUT2D eigenvalue weighted by Gasteiger charge is 2.34. The Kier molecular flexibility index (Phi) is 6.99. The van der Waals surface area contributed by atoms with Gasteiger partial charge in [-0.2, -0.15) is 0 Å². The Morgan fingerprint density at radius 1 is 1.17 bits per heavy atom. The van der Waals surface area contributed by atoms with Crippen LogP contribution in [0, 0.1) is 5.82 Å². The molecule has 0 bridgehead atoms. The Bertz CT molecular complexity index is 713. The van der Waals surface area contributed by atoms with Gasteiger partial charge < -0.3 is 0 Å². The van der Waals surface area contributed by atoms with Crippen LogP contribution >= 0.6 is 44.5 Å². The van der Waals surface area contributed by atoms with E-state index in [9.17, 15) is 9.18 Å². The van der Waals surface area contributed by atoms with Gasteiger partial charge in [0.25, 0.3) is 0 Å². The predicted octanol–water partition coefficient (Wildman–Crippen LogP) is 4.99. The summed E-state index contributed by atoms with van der Waals surface area (Å²) >= 11 is 9.21. The first-order chi connectivity index (χ1) is 11.0. The molecule has 2 aromatic rings. The number of piperidine rings is 1. The molecule has 0 amide bonds. The molecule has 1 aliphatic heterocycles. The van der Waals surface area contributed by atoms with Crippen molar-refractivity contribution in [1.82, 2.24) is 4.90 Å². The molecule has 6 heteroatoms. The van der Waals surface area contributed by atoms with Crippen molar-refractivity contribution in [2.24, 2.45) is 0 Å². The van der Waals surface area contributed by atoms with Gasteiger partial charge >= 0.3 is 0 Å². The summed E-state index contributed by atoms with van der Waals surface area (Å²) in [4.78, 5) is 14.5. The molecule has 0 aliphatic carbocycles. The molecule has 2 aromatic carbocycles. The van der Waals surface area contributed by atoms with Gasteiger partial charge in [0, 0.05) is 19.6 Å². The van der Waals surface area contributed by atoms with Gasteiger partial charge in [0.15, 0.2) is 5.78 Å². The van der Waals surface area contributed by atoms with Crippen LogP contribution in [0.5, 0.6) is 0 Å². The first kappa shape index (κ1) is 19.6. The minimum absolute atomic E-state index is 0. The average molecular weight is 478 g/mol. The second-order valence-corrected chi connectivity index (χ2v) is 7.29. The first-order valence-corrected chi connectivity index (χ1v) is 8.73. The van der Waals surface area contributed by atoms with Crippen molar-refractivity contribution in [3.63, 3.8) is 0 Å². The Labute approximate surface area is 164 Å². The second kappa shape index (κ2) is 8.56. The number of nitrogens with zero attached hydrogens (tertiary/aromatic N) is 1. The van der Waals surface area contributed by atoms with Crippen LogP contribution in [0.4, 0.5) is 4.39 Å². The van der Waals surface area contributed by atoms with E-state index in [-0.39, 0.29) is 38.5 Å². The average Bonchev–Trinajstić information content (AvgIpc) is 2.54. The lowest BCUT2D eigenvalue weighted by molar-refractivity contribution is -0.122. The molecule has 2 atom stereocenters. The maximum absolute atomic E-state index is 13.7.